The van der Waals surface area contributed by atoms with Gasteiger partial charge in [0.2, 0.25) is 0 Å². The maximum Gasteiger partial charge on any atom is 0.162 e. The Balaban J connectivity index is 0.000000319. The van der Waals surface area contributed by atoms with Crippen LogP contribution >= 0.6 is 11.3 Å². The molecule has 1 N–H and O–H groups in total. The molecule has 6 rings (SSSR count). The van der Waals surface area contributed by atoms with E-state index in [0.717, 1.165) is 39.8 Å². The number of carbonyl (C=O) groups excluding carboxylic acids is 1. The molecule has 3 heterocycles. The summed E-state index contributed by atoms with van der Waals surface area (Å²) in [5.74, 6) is 2.68. The zero-order valence-electron chi connectivity index (χ0n) is 37.6. The molecule has 3 aromatic carbocycles. The van der Waals surface area contributed by atoms with Crippen molar-refractivity contribution in [3.63, 3.8) is 0 Å². The Bertz CT molecular complexity index is 2360. The number of fused-ring (bicyclic) bond motifs is 3. The summed E-state index contributed by atoms with van der Waals surface area (Å²) in [5, 5.41) is 15.1. The van der Waals surface area contributed by atoms with Crippen LogP contribution in [0.4, 0.5) is 0 Å². The Hall–Kier alpha value is -3.57. The number of rotatable bonds is 10. The molecule has 0 saturated heterocycles. The third-order valence-corrected chi connectivity index (χ3v) is 12.4. The van der Waals surface area contributed by atoms with Gasteiger partial charge in [-0.1, -0.05) is 138 Å². The number of carbonyl (C=O) groups is 1. The van der Waals surface area contributed by atoms with E-state index in [2.05, 4.69) is 171 Å². The van der Waals surface area contributed by atoms with Crippen LogP contribution in [0, 0.1) is 53.9 Å². The summed E-state index contributed by atoms with van der Waals surface area (Å²) in [7, 11) is 0. The number of hydrogen-bond donors (Lipinski definition) is 1. The van der Waals surface area contributed by atoms with Gasteiger partial charge in [-0.2, -0.15) is 0 Å². The molecular weight excluding hydrogens is 911 g/mol. The predicted molar refractivity (Wildman–Crippen MR) is 245 cm³/mol. The molecule has 0 unspecified atom stereocenters. The summed E-state index contributed by atoms with van der Waals surface area (Å²) in [6.45, 7) is 32.4. The largest absolute Gasteiger partial charge is 0.512 e. The third kappa shape index (κ3) is 10.8. The zero-order chi connectivity index (χ0) is 42.1. The molecule has 4 nitrogen and oxygen atoms in total. The molecule has 0 spiro atoms. The van der Waals surface area contributed by atoms with E-state index in [4.69, 9.17) is 9.40 Å². The number of aryl methyl sites for hydroxylation is 1. The van der Waals surface area contributed by atoms with Crippen molar-refractivity contribution in [2.75, 3.05) is 0 Å². The van der Waals surface area contributed by atoms with E-state index in [1.165, 1.54) is 43.1 Å². The molecule has 6 heteroatoms. The Kier molecular flexibility index (Phi) is 15.3. The van der Waals surface area contributed by atoms with Crippen molar-refractivity contribution < 1.29 is 34.4 Å². The molecule has 0 atom stereocenters. The van der Waals surface area contributed by atoms with Gasteiger partial charge in [0.15, 0.2) is 5.78 Å². The molecule has 0 bridgehead atoms. The molecule has 313 valence electrons. The average Bonchev–Trinajstić information content (AvgIpc) is 3.65. The monoisotopic (exact) mass is 977 g/mol. The van der Waals surface area contributed by atoms with E-state index in [0.29, 0.717) is 23.7 Å². The van der Waals surface area contributed by atoms with Crippen LogP contribution in [0.2, 0.25) is 0 Å². The van der Waals surface area contributed by atoms with E-state index < -0.39 is 0 Å². The molecule has 58 heavy (non-hydrogen) atoms. The van der Waals surface area contributed by atoms with Crippen molar-refractivity contribution >= 4 is 48.9 Å². The fourth-order valence-electron chi connectivity index (χ4n) is 8.65. The number of aliphatic hydroxyl groups is 1. The van der Waals surface area contributed by atoms with E-state index in [1.807, 2.05) is 17.5 Å². The van der Waals surface area contributed by atoms with Crippen molar-refractivity contribution in [2.45, 2.75) is 116 Å². The Morgan fingerprint density at radius 1 is 0.828 bits per heavy atom. The number of allylic oxidation sites excluding steroid dienone is 2. The van der Waals surface area contributed by atoms with E-state index >= 15 is 0 Å². The summed E-state index contributed by atoms with van der Waals surface area (Å²) >= 11 is 1.82. The molecule has 1 radical (unpaired) electrons. The van der Waals surface area contributed by atoms with E-state index in [-0.39, 0.29) is 54.3 Å². The van der Waals surface area contributed by atoms with Crippen LogP contribution in [0.1, 0.15) is 114 Å². The molecule has 0 aliphatic carbocycles. The van der Waals surface area contributed by atoms with Gasteiger partial charge in [-0.3, -0.25) is 9.78 Å². The number of benzene rings is 3. The fraction of sp³-hybridized carbons (Fsp3) is 0.462. The van der Waals surface area contributed by atoms with E-state index in [1.54, 1.807) is 0 Å². The summed E-state index contributed by atoms with van der Waals surface area (Å²) in [5.41, 5.74) is 7.01. The molecule has 0 aliphatic heterocycles. The number of pyridine rings is 1. The Morgan fingerprint density at radius 2 is 1.45 bits per heavy atom. The van der Waals surface area contributed by atoms with Crippen molar-refractivity contribution in [1.82, 2.24) is 4.98 Å². The summed E-state index contributed by atoms with van der Waals surface area (Å²) in [6, 6.07) is 25.5. The van der Waals surface area contributed by atoms with Crippen LogP contribution in [-0.4, -0.2) is 15.9 Å². The second-order valence-corrected chi connectivity index (χ2v) is 20.7. The van der Waals surface area contributed by atoms with Gasteiger partial charge in [-0.15, -0.1) is 40.5 Å². The first-order valence-electron chi connectivity index (χ1n) is 20.9. The van der Waals surface area contributed by atoms with Crippen LogP contribution in [0.15, 0.2) is 83.1 Å². The minimum Gasteiger partial charge on any atom is -0.512 e. The van der Waals surface area contributed by atoms with Crippen LogP contribution < -0.4 is 0 Å². The molecule has 0 fully saturated rings. The summed E-state index contributed by atoms with van der Waals surface area (Å²) in [6.07, 6.45) is 4.34. The zero-order valence-corrected chi connectivity index (χ0v) is 40.8. The number of furan rings is 1. The second-order valence-electron chi connectivity index (χ2n) is 19.7. The Morgan fingerprint density at radius 3 is 2.03 bits per heavy atom. The SMILES string of the molecule is CC(C)C(C(=O)/C=C(\O)C(C(C)C)C(C)C)C(C)C.Cc1c(-c2ccc3cc(CC(C)(C)C)oc3c2)sc2c(-c3[c-]c4ccccc4c(C(C)(C)C)c3)nccc12.[Ir]. The number of nitrogens with zero attached hydrogens (tertiary/aromatic N) is 1. The molecule has 0 aliphatic rings. The molecular formula is C52H66IrNO3S-. The Labute approximate surface area is 366 Å². The van der Waals surface area contributed by atoms with Crippen LogP contribution in [-0.2, 0) is 36.7 Å². The van der Waals surface area contributed by atoms with Crippen LogP contribution in [0.5, 0.6) is 0 Å². The van der Waals surface area contributed by atoms with Gasteiger partial charge in [0.1, 0.15) is 11.3 Å². The first kappa shape index (κ1) is 47.1. The number of hydrogen-bond acceptors (Lipinski definition) is 5. The summed E-state index contributed by atoms with van der Waals surface area (Å²) < 4.78 is 7.49. The number of thiophene rings is 1. The normalized spacial score (nSPS) is 12.8. The first-order chi connectivity index (χ1) is 26.6. The van der Waals surface area contributed by atoms with Crippen molar-refractivity contribution in [3.8, 4) is 21.7 Å². The maximum atomic E-state index is 12.3. The van der Waals surface area contributed by atoms with Gasteiger partial charge in [0.05, 0.1) is 5.76 Å². The summed E-state index contributed by atoms with van der Waals surface area (Å²) in [4.78, 5) is 18.5. The number of ketones is 1. The van der Waals surface area contributed by atoms with Crippen molar-refractivity contribution in [1.29, 1.82) is 0 Å². The van der Waals surface area contributed by atoms with Crippen LogP contribution in [0.3, 0.4) is 0 Å². The van der Waals surface area contributed by atoms with Gasteiger partial charge >= 0.3 is 0 Å². The minimum atomic E-state index is -0.0119. The van der Waals surface area contributed by atoms with Crippen LogP contribution in [0.25, 0.3) is 53.5 Å². The van der Waals surface area contributed by atoms with Gasteiger partial charge < -0.3 is 9.52 Å². The average molecular weight is 977 g/mol. The minimum absolute atomic E-state index is 0. The van der Waals surface area contributed by atoms with Crippen molar-refractivity contribution in [2.24, 2.45) is 40.9 Å². The predicted octanol–water partition coefficient (Wildman–Crippen LogP) is 15.4. The topological polar surface area (TPSA) is 63.3 Å². The van der Waals surface area contributed by atoms with Crippen molar-refractivity contribution in [3.05, 3.63) is 102 Å². The quantitative estimate of drug-likeness (QED) is 0.0844. The second kappa shape index (κ2) is 18.8. The smallest absolute Gasteiger partial charge is 0.162 e. The molecule has 0 amide bonds. The van der Waals surface area contributed by atoms with Gasteiger partial charge in [-0.05, 0) is 76.1 Å². The van der Waals surface area contributed by atoms with Gasteiger partial charge in [0, 0.05) is 71.3 Å². The standard InChI is InChI=1S/C35H34NOS.C17H32O2.Ir/c1-21-27-14-15-36-31(25-16-22-10-8-9-11-28(22)29(18-25)35(5,6)7)33(27)38-32(21)24-13-12-23-17-26(20-34(2,3)4)37-30(23)19-24;1-10(2)16(11(3)4)14(18)9-15(19)17(12(5)6)13(7)8;/h8-15,17-19H,20H2,1-7H3;9-13,16-18H,1-8H3;/q-1;;/b;14-9-;. The molecule has 6 aromatic rings. The third-order valence-electron chi connectivity index (χ3n) is 11.1. The van der Waals surface area contributed by atoms with Gasteiger partial charge in [-0.25, -0.2) is 0 Å². The van der Waals surface area contributed by atoms with E-state index in [9.17, 15) is 9.90 Å². The van der Waals surface area contributed by atoms with Gasteiger partial charge in [0.25, 0.3) is 0 Å². The first-order valence-corrected chi connectivity index (χ1v) is 21.7. The molecule has 3 aromatic heterocycles. The fourth-order valence-corrected chi connectivity index (χ4v) is 9.95. The maximum absolute atomic E-state index is 12.3. The number of aromatic nitrogens is 1. The number of aliphatic hydroxyl groups excluding tert-OH is 1. The molecule has 0 saturated carbocycles.